The Labute approximate surface area is 103 Å². The van der Waals surface area contributed by atoms with E-state index >= 15 is 0 Å². The Morgan fingerprint density at radius 2 is 2.06 bits per heavy atom. The van der Waals surface area contributed by atoms with Crippen LogP contribution in [0.2, 0.25) is 0 Å². The average Bonchev–Trinajstić information content (AvgIpc) is 2.56. The van der Waals surface area contributed by atoms with Crippen LogP contribution in [0.1, 0.15) is 12.8 Å². The van der Waals surface area contributed by atoms with Crippen molar-refractivity contribution < 1.29 is 16.8 Å². The molecule has 8 heteroatoms. The number of hydrogen-bond acceptors (Lipinski definition) is 5. The summed E-state index contributed by atoms with van der Waals surface area (Å²) in [6.07, 6.45) is 1.11. The van der Waals surface area contributed by atoms with E-state index in [-0.39, 0.29) is 29.7 Å². The van der Waals surface area contributed by atoms with Crippen LogP contribution in [0.15, 0.2) is 0 Å². The Bertz CT molecular complexity index is 430. The van der Waals surface area contributed by atoms with Crippen LogP contribution in [-0.4, -0.2) is 54.2 Å². The molecule has 0 saturated carbocycles. The Kier molecular flexibility index (Phi) is 5.36. The molecule has 1 saturated heterocycles. The first kappa shape index (κ1) is 14.9. The van der Waals surface area contributed by atoms with Crippen molar-refractivity contribution in [1.29, 1.82) is 0 Å². The highest BCUT2D eigenvalue weighted by atomic mass is 32.2. The zero-order chi connectivity index (χ0) is 12.9. The first-order valence-corrected chi connectivity index (χ1v) is 9.14. The lowest BCUT2D eigenvalue weighted by atomic mass is 10.1. The third-order valence-electron chi connectivity index (χ3n) is 2.76. The lowest BCUT2D eigenvalue weighted by Gasteiger charge is -2.10. The SMILES string of the molecule is CNCCCS(=O)(=O)NCC1CCS(=O)(=O)C1. The summed E-state index contributed by atoms with van der Waals surface area (Å²) in [7, 11) is -4.42. The molecule has 17 heavy (non-hydrogen) atoms. The van der Waals surface area contributed by atoms with E-state index in [9.17, 15) is 16.8 Å². The fourth-order valence-electron chi connectivity index (χ4n) is 1.79. The molecule has 0 aliphatic carbocycles. The summed E-state index contributed by atoms with van der Waals surface area (Å²) in [4.78, 5) is 0. The summed E-state index contributed by atoms with van der Waals surface area (Å²) in [5.74, 6) is 0.289. The van der Waals surface area contributed by atoms with Crippen molar-refractivity contribution in [1.82, 2.24) is 10.0 Å². The Balaban J connectivity index is 2.30. The van der Waals surface area contributed by atoms with Crippen LogP contribution in [0.25, 0.3) is 0 Å². The van der Waals surface area contributed by atoms with Gasteiger partial charge in [0.05, 0.1) is 17.3 Å². The van der Waals surface area contributed by atoms with E-state index < -0.39 is 19.9 Å². The van der Waals surface area contributed by atoms with Gasteiger partial charge in [0.1, 0.15) is 0 Å². The van der Waals surface area contributed by atoms with Crippen molar-refractivity contribution in [2.75, 3.05) is 37.4 Å². The summed E-state index contributed by atoms with van der Waals surface area (Å²) >= 11 is 0. The van der Waals surface area contributed by atoms with Crippen LogP contribution < -0.4 is 10.0 Å². The molecule has 0 aromatic rings. The van der Waals surface area contributed by atoms with Gasteiger partial charge in [-0.15, -0.1) is 0 Å². The van der Waals surface area contributed by atoms with Gasteiger partial charge < -0.3 is 5.32 Å². The van der Waals surface area contributed by atoms with Gasteiger partial charge in [-0.3, -0.25) is 0 Å². The predicted octanol–water partition coefficient (Wildman–Crippen LogP) is -1.05. The number of sulfonamides is 1. The smallest absolute Gasteiger partial charge is 0.211 e. The molecule has 0 spiro atoms. The molecule has 1 aliphatic heterocycles. The molecule has 0 amide bonds. The first-order chi connectivity index (χ1) is 7.85. The Hall–Kier alpha value is -0.180. The second kappa shape index (κ2) is 6.12. The number of hydrogen-bond donors (Lipinski definition) is 2. The first-order valence-electron chi connectivity index (χ1n) is 5.67. The molecule has 2 N–H and O–H groups in total. The molecule has 1 unspecified atom stereocenters. The molecule has 0 aromatic heterocycles. The van der Waals surface area contributed by atoms with Gasteiger partial charge in [-0.25, -0.2) is 21.6 Å². The third-order valence-corrected chi connectivity index (χ3v) is 6.03. The normalized spacial score (nSPS) is 23.9. The van der Waals surface area contributed by atoms with Gasteiger partial charge in [0.15, 0.2) is 9.84 Å². The van der Waals surface area contributed by atoms with Crippen LogP contribution in [0, 0.1) is 5.92 Å². The van der Waals surface area contributed by atoms with Gasteiger partial charge in [0.25, 0.3) is 0 Å². The van der Waals surface area contributed by atoms with E-state index in [1.807, 2.05) is 0 Å². The van der Waals surface area contributed by atoms with Gasteiger partial charge in [0, 0.05) is 6.54 Å². The van der Waals surface area contributed by atoms with E-state index in [2.05, 4.69) is 10.0 Å². The number of sulfone groups is 1. The van der Waals surface area contributed by atoms with Crippen molar-refractivity contribution in [2.24, 2.45) is 5.92 Å². The van der Waals surface area contributed by atoms with Gasteiger partial charge in [0.2, 0.25) is 10.0 Å². The Morgan fingerprint density at radius 1 is 1.35 bits per heavy atom. The second-order valence-electron chi connectivity index (χ2n) is 4.39. The summed E-state index contributed by atoms with van der Waals surface area (Å²) in [6, 6.07) is 0. The maximum atomic E-state index is 11.5. The fraction of sp³-hybridized carbons (Fsp3) is 1.00. The molecule has 0 bridgehead atoms. The van der Waals surface area contributed by atoms with Gasteiger partial charge in [-0.1, -0.05) is 0 Å². The molecule has 1 heterocycles. The van der Waals surface area contributed by atoms with E-state index in [0.717, 1.165) is 0 Å². The molecular formula is C9H20N2O4S2. The standard InChI is InChI=1S/C9H20N2O4S2/c1-10-4-2-5-17(14,15)11-7-9-3-6-16(12,13)8-9/h9-11H,2-8H2,1H3. The Morgan fingerprint density at radius 3 is 2.59 bits per heavy atom. The lowest BCUT2D eigenvalue weighted by Crippen LogP contribution is -2.32. The molecular weight excluding hydrogens is 264 g/mol. The summed E-state index contributed by atoms with van der Waals surface area (Å²) < 4.78 is 47.9. The highest BCUT2D eigenvalue weighted by Crippen LogP contribution is 2.17. The minimum absolute atomic E-state index is 0.0703. The maximum Gasteiger partial charge on any atom is 0.211 e. The van der Waals surface area contributed by atoms with Crippen molar-refractivity contribution >= 4 is 19.9 Å². The predicted molar refractivity (Wildman–Crippen MR) is 67.1 cm³/mol. The van der Waals surface area contributed by atoms with E-state index in [4.69, 9.17) is 0 Å². The van der Waals surface area contributed by atoms with Crippen LogP contribution in [0.3, 0.4) is 0 Å². The van der Waals surface area contributed by atoms with Crippen molar-refractivity contribution in [3.05, 3.63) is 0 Å². The second-order valence-corrected chi connectivity index (χ2v) is 8.55. The summed E-state index contributed by atoms with van der Waals surface area (Å²) in [6.45, 7) is 0.889. The summed E-state index contributed by atoms with van der Waals surface area (Å²) in [5.41, 5.74) is 0. The van der Waals surface area contributed by atoms with Crippen LogP contribution >= 0.6 is 0 Å². The van der Waals surface area contributed by atoms with E-state index in [0.29, 0.717) is 19.4 Å². The minimum atomic E-state index is -3.26. The van der Waals surface area contributed by atoms with Crippen LogP contribution in [0.4, 0.5) is 0 Å². The number of rotatable bonds is 7. The molecule has 1 atom stereocenters. The third kappa shape index (κ3) is 5.80. The topological polar surface area (TPSA) is 92.3 Å². The fourth-order valence-corrected chi connectivity index (χ4v) is 4.81. The molecule has 1 aliphatic rings. The maximum absolute atomic E-state index is 11.5. The largest absolute Gasteiger partial charge is 0.320 e. The average molecular weight is 284 g/mol. The molecule has 0 radical (unpaired) electrons. The molecule has 6 nitrogen and oxygen atoms in total. The van der Waals surface area contributed by atoms with Gasteiger partial charge >= 0.3 is 0 Å². The lowest BCUT2D eigenvalue weighted by molar-refractivity contribution is 0.541. The molecule has 1 rings (SSSR count). The van der Waals surface area contributed by atoms with E-state index in [1.165, 1.54) is 0 Å². The highest BCUT2D eigenvalue weighted by Gasteiger charge is 2.28. The molecule has 102 valence electrons. The van der Waals surface area contributed by atoms with Crippen LogP contribution in [0.5, 0.6) is 0 Å². The zero-order valence-corrected chi connectivity index (χ0v) is 11.6. The van der Waals surface area contributed by atoms with E-state index in [1.54, 1.807) is 7.05 Å². The monoisotopic (exact) mass is 284 g/mol. The zero-order valence-electron chi connectivity index (χ0n) is 9.98. The molecule has 1 fully saturated rings. The van der Waals surface area contributed by atoms with Crippen molar-refractivity contribution in [3.63, 3.8) is 0 Å². The minimum Gasteiger partial charge on any atom is -0.320 e. The highest BCUT2D eigenvalue weighted by molar-refractivity contribution is 7.91. The van der Waals surface area contributed by atoms with Crippen LogP contribution in [-0.2, 0) is 19.9 Å². The van der Waals surface area contributed by atoms with Gasteiger partial charge in [-0.2, -0.15) is 0 Å². The summed E-state index contributed by atoms with van der Waals surface area (Å²) in [5, 5.41) is 2.88. The van der Waals surface area contributed by atoms with Crippen molar-refractivity contribution in [2.45, 2.75) is 12.8 Å². The molecule has 0 aromatic carbocycles. The quantitative estimate of drug-likeness (QED) is 0.582. The van der Waals surface area contributed by atoms with Gasteiger partial charge in [-0.05, 0) is 32.4 Å². The number of nitrogens with one attached hydrogen (secondary N) is 2. The van der Waals surface area contributed by atoms with Crippen molar-refractivity contribution in [3.8, 4) is 0 Å².